The molecule has 41 heavy (non-hydrogen) atoms. The molecule has 4 rings (SSSR count). The topological polar surface area (TPSA) is 153 Å². The van der Waals surface area contributed by atoms with Crippen LogP contribution < -0.4 is 5.32 Å². The molecule has 206 valence electrons. The summed E-state index contributed by atoms with van der Waals surface area (Å²) in [5.74, 6) is -1.43. The first-order valence-corrected chi connectivity index (χ1v) is 12.4. The Bertz CT molecular complexity index is 1530. The van der Waals surface area contributed by atoms with Crippen molar-refractivity contribution in [1.29, 1.82) is 0 Å². The maximum Gasteiger partial charge on any atom is 0.269 e. The monoisotopic (exact) mass is 572 g/mol. The van der Waals surface area contributed by atoms with Crippen LogP contribution in [0.2, 0.25) is 5.02 Å². The lowest BCUT2D eigenvalue weighted by Gasteiger charge is -2.29. The van der Waals surface area contributed by atoms with Gasteiger partial charge in [0.25, 0.3) is 11.4 Å². The first-order chi connectivity index (χ1) is 19.6. The lowest BCUT2D eigenvalue weighted by atomic mass is 9.94. The van der Waals surface area contributed by atoms with Gasteiger partial charge in [-0.1, -0.05) is 11.6 Å². The first-order valence-electron chi connectivity index (χ1n) is 12.1. The van der Waals surface area contributed by atoms with Crippen molar-refractivity contribution >= 4 is 58.4 Å². The Hall–Kier alpha value is -5.42. The van der Waals surface area contributed by atoms with E-state index in [2.05, 4.69) is 5.32 Å². The number of nitrogens with one attached hydrogen (secondary N) is 1. The summed E-state index contributed by atoms with van der Waals surface area (Å²) in [5.41, 5.74) is 1.78. The molecule has 3 aromatic carbocycles. The molecule has 0 radical (unpaired) electrons. The van der Waals surface area contributed by atoms with E-state index >= 15 is 0 Å². The number of Topliss-reactive ketones (excluding diaryl/α,β-unsaturated/α-hetero) is 1. The molecule has 11 nitrogen and oxygen atoms in total. The van der Waals surface area contributed by atoms with Crippen LogP contribution in [0.5, 0.6) is 0 Å². The summed E-state index contributed by atoms with van der Waals surface area (Å²) in [5, 5.41) is 25.1. The number of amides is 2. The molecule has 1 heterocycles. The van der Waals surface area contributed by atoms with Crippen LogP contribution in [0, 0.1) is 20.2 Å². The van der Waals surface area contributed by atoms with Gasteiger partial charge in [-0.2, -0.15) is 0 Å². The van der Waals surface area contributed by atoms with E-state index in [0.717, 1.165) is 12.2 Å². The van der Waals surface area contributed by atoms with Gasteiger partial charge < -0.3 is 10.2 Å². The number of anilines is 1. The molecule has 0 atom stereocenters. The fourth-order valence-corrected chi connectivity index (χ4v) is 4.08. The molecule has 1 aliphatic heterocycles. The number of piperidine rings is 1. The van der Waals surface area contributed by atoms with Gasteiger partial charge in [0, 0.05) is 58.3 Å². The van der Waals surface area contributed by atoms with Crippen LogP contribution in [0.1, 0.15) is 11.1 Å². The minimum atomic E-state index is -0.544. The lowest BCUT2D eigenvalue weighted by Crippen LogP contribution is -2.41. The third-order valence-electron chi connectivity index (χ3n) is 6.00. The first kappa shape index (κ1) is 28.6. The number of rotatable bonds is 7. The number of hydrogen-bond acceptors (Lipinski definition) is 7. The average molecular weight is 573 g/mol. The van der Waals surface area contributed by atoms with E-state index in [1.54, 1.807) is 24.3 Å². The Morgan fingerprint density at radius 2 is 1.22 bits per heavy atom. The molecule has 1 saturated heterocycles. The smallest absolute Gasteiger partial charge is 0.269 e. The molecule has 0 aromatic heterocycles. The Morgan fingerprint density at radius 3 is 1.66 bits per heavy atom. The number of halogens is 1. The molecular formula is C29H21ClN4O7. The number of carbonyl (C=O) groups is 3. The van der Waals surface area contributed by atoms with Crippen molar-refractivity contribution in [3.8, 4) is 0 Å². The molecular weight excluding hydrogens is 552 g/mol. The van der Waals surface area contributed by atoms with E-state index in [1.807, 2.05) is 0 Å². The third-order valence-corrected chi connectivity index (χ3v) is 6.25. The van der Waals surface area contributed by atoms with Gasteiger partial charge in [-0.15, -0.1) is 0 Å². The van der Waals surface area contributed by atoms with Crippen molar-refractivity contribution in [2.45, 2.75) is 0 Å². The molecule has 0 unspecified atom stereocenters. The normalized spacial score (nSPS) is 15.3. The van der Waals surface area contributed by atoms with Gasteiger partial charge in [0.2, 0.25) is 11.8 Å². The Balaban J connectivity index is 1.59. The molecule has 0 saturated carbocycles. The largest absolute Gasteiger partial charge is 0.330 e. The van der Waals surface area contributed by atoms with Crippen molar-refractivity contribution in [3.05, 3.63) is 132 Å². The van der Waals surface area contributed by atoms with Gasteiger partial charge in [-0.05, 0) is 71.8 Å². The number of likely N-dealkylation sites (tertiary alicyclic amines) is 1. The third kappa shape index (κ3) is 7.58. The lowest BCUT2D eigenvalue weighted by molar-refractivity contribution is -0.385. The van der Waals surface area contributed by atoms with E-state index in [0.29, 0.717) is 21.8 Å². The van der Waals surface area contributed by atoms with E-state index in [9.17, 15) is 34.6 Å². The predicted octanol–water partition coefficient (Wildman–Crippen LogP) is 5.23. The summed E-state index contributed by atoms with van der Waals surface area (Å²) in [7, 11) is 0. The number of hydrogen-bond donors (Lipinski definition) is 1. The minimum absolute atomic E-state index is 0.0740. The summed E-state index contributed by atoms with van der Waals surface area (Å²) in [6, 6.07) is 17.6. The summed E-state index contributed by atoms with van der Waals surface area (Å²) < 4.78 is 0. The molecule has 2 amide bonds. The van der Waals surface area contributed by atoms with Crippen molar-refractivity contribution in [2.24, 2.45) is 0 Å². The zero-order valence-electron chi connectivity index (χ0n) is 21.2. The quantitative estimate of drug-likeness (QED) is 0.231. The second kappa shape index (κ2) is 12.6. The zero-order valence-corrected chi connectivity index (χ0v) is 22.0. The fraction of sp³-hybridized carbons (Fsp3) is 0.0690. The van der Waals surface area contributed by atoms with Gasteiger partial charge in [0.05, 0.1) is 22.9 Å². The zero-order chi connectivity index (χ0) is 29.5. The Morgan fingerprint density at radius 1 is 0.756 bits per heavy atom. The predicted molar refractivity (Wildman–Crippen MR) is 153 cm³/mol. The highest BCUT2D eigenvalue weighted by molar-refractivity contribution is 6.30. The average Bonchev–Trinajstić information content (AvgIpc) is 2.95. The second-order valence-electron chi connectivity index (χ2n) is 8.89. The maximum absolute atomic E-state index is 13.4. The number of nitrogens with zero attached hydrogens (tertiary/aromatic N) is 3. The highest BCUT2D eigenvalue weighted by atomic mass is 35.5. The van der Waals surface area contributed by atoms with Crippen molar-refractivity contribution in [2.75, 3.05) is 18.4 Å². The van der Waals surface area contributed by atoms with Crippen LogP contribution in [0.3, 0.4) is 0 Å². The minimum Gasteiger partial charge on any atom is -0.330 e. The molecule has 1 aliphatic rings. The molecule has 3 aromatic rings. The number of ketones is 1. The SMILES string of the molecule is O=C(/C=C/C(=O)N1C/C(=C\c2ccc([N+](=O)[O-])cc2)C(=O)/C(=C/c2ccc([N+](=O)[O-])cc2)C1)Nc1ccc(Cl)cc1. The number of nitro groups is 2. The van der Waals surface area contributed by atoms with Gasteiger partial charge in [0.15, 0.2) is 5.78 Å². The molecule has 0 aliphatic carbocycles. The van der Waals surface area contributed by atoms with E-state index in [-0.39, 0.29) is 41.4 Å². The summed E-state index contributed by atoms with van der Waals surface area (Å²) in [4.78, 5) is 61.0. The van der Waals surface area contributed by atoms with Crippen LogP contribution >= 0.6 is 11.6 Å². The van der Waals surface area contributed by atoms with Crippen LogP contribution in [-0.4, -0.2) is 45.4 Å². The number of benzene rings is 3. The highest BCUT2D eigenvalue weighted by Gasteiger charge is 2.28. The molecule has 1 fully saturated rings. The van der Waals surface area contributed by atoms with E-state index < -0.39 is 21.7 Å². The highest BCUT2D eigenvalue weighted by Crippen LogP contribution is 2.24. The maximum atomic E-state index is 13.4. The van der Waals surface area contributed by atoms with E-state index in [4.69, 9.17) is 11.6 Å². The van der Waals surface area contributed by atoms with Crippen molar-refractivity contribution in [3.63, 3.8) is 0 Å². The molecule has 1 N–H and O–H groups in total. The summed E-state index contributed by atoms with van der Waals surface area (Å²) in [6.45, 7) is -0.148. The van der Waals surface area contributed by atoms with Gasteiger partial charge in [0.1, 0.15) is 0 Å². The number of nitro benzene ring substituents is 2. The number of non-ortho nitro benzene ring substituents is 2. The van der Waals surface area contributed by atoms with Crippen LogP contribution in [0.4, 0.5) is 17.1 Å². The number of carbonyl (C=O) groups excluding carboxylic acids is 3. The Kier molecular flexibility index (Phi) is 8.80. The second-order valence-corrected chi connectivity index (χ2v) is 9.33. The fourth-order valence-electron chi connectivity index (χ4n) is 3.95. The van der Waals surface area contributed by atoms with Crippen molar-refractivity contribution in [1.82, 2.24) is 4.90 Å². The van der Waals surface area contributed by atoms with E-state index in [1.165, 1.54) is 65.6 Å². The molecule has 12 heteroatoms. The van der Waals surface area contributed by atoms with Crippen LogP contribution in [-0.2, 0) is 14.4 Å². The summed E-state index contributed by atoms with van der Waals surface area (Å²) >= 11 is 5.85. The summed E-state index contributed by atoms with van der Waals surface area (Å²) in [6.07, 6.45) is 5.24. The van der Waals surface area contributed by atoms with Gasteiger partial charge >= 0.3 is 0 Å². The van der Waals surface area contributed by atoms with Gasteiger partial charge in [-0.25, -0.2) is 0 Å². The molecule has 0 spiro atoms. The Labute approximate surface area is 238 Å². The van der Waals surface area contributed by atoms with Gasteiger partial charge in [-0.3, -0.25) is 34.6 Å². The standard InChI is InChI=1S/C29H21ClN4O7/c30-23-5-7-24(8-6-23)31-27(35)13-14-28(36)32-17-21(15-19-1-9-25(10-2-19)33(38)39)29(37)22(18-32)16-20-3-11-26(12-4-20)34(40)41/h1-16H,17-18H2,(H,31,35)/b14-13+,21-15+,22-16+. The molecule has 0 bridgehead atoms. The van der Waals surface area contributed by atoms with Crippen molar-refractivity contribution < 1.29 is 24.2 Å². The van der Waals surface area contributed by atoms with Crippen LogP contribution in [0.15, 0.2) is 96.1 Å². The van der Waals surface area contributed by atoms with Crippen LogP contribution in [0.25, 0.3) is 12.2 Å².